The second kappa shape index (κ2) is 12.6. The lowest BCUT2D eigenvalue weighted by atomic mass is 9.48. The number of Topliss-reactive ketones (excluding diaryl/α,β-unsaturated/α-hetero) is 1. The van der Waals surface area contributed by atoms with Crippen molar-refractivity contribution in [2.45, 2.75) is 149 Å². The number of ketones is 2. The number of unbranched alkanes of at least 4 members (excludes halogenated alkanes) is 10. The minimum Gasteiger partial charge on any atom is -0.462 e. The van der Waals surface area contributed by atoms with Crippen LogP contribution in [0.2, 0.25) is 0 Å². The maximum absolute atomic E-state index is 13.4. The molecule has 0 heterocycles. The molecule has 37 heavy (non-hydrogen) atoms. The molecule has 0 amide bonds. The van der Waals surface area contributed by atoms with Gasteiger partial charge in [0, 0.05) is 30.6 Å². The predicted molar refractivity (Wildman–Crippen MR) is 148 cm³/mol. The number of hydrogen-bond acceptors (Lipinski definition) is 4. The highest BCUT2D eigenvalue weighted by molar-refractivity contribution is 5.96. The van der Waals surface area contributed by atoms with Crippen LogP contribution in [0.15, 0.2) is 11.6 Å². The van der Waals surface area contributed by atoms with Gasteiger partial charge in [0.25, 0.3) is 0 Å². The Balaban J connectivity index is 1.19. The van der Waals surface area contributed by atoms with Crippen molar-refractivity contribution in [1.29, 1.82) is 0 Å². The third-order valence-corrected chi connectivity index (χ3v) is 10.9. The van der Waals surface area contributed by atoms with E-state index in [1.807, 2.05) is 6.08 Å². The fourth-order valence-corrected chi connectivity index (χ4v) is 8.42. The Hall–Kier alpha value is -1.45. The summed E-state index contributed by atoms with van der Waals surface area (Å²) in [5.74, 6) is 1.08. The van der Waals surface area contributed by atoms with E-state index in [2.05, 4.69) is 20.8 Å². The van der Waals surface area contributed by atoms with Crippen LogP contribution in [-0.4, -0.2) is 23.6 Å². The van der Waals surface area contributed by atoms with Gasteiger partial charge in [-0.1, -0.05) is 90.6 Å². The fraction of sp³-hybridized carbons (Fsp3) is 0.848. The molecule has 4 heteroatoms. The summed E-state index contributed by atoms with van der Waals surface area (Å²) in [6.45, 7) is 6.72. The smallest absolute Gasteiger partial charge is 0.306 e. The van der Waals surface area contributed by atoms with Crippen molar-refractivity contribution < 1.29 is 19.1 Å². The van der Waals surface area contributed by atoms with Crippen molar-refractivity contribution in [1.82, 2.24) is 0 Å². The third-order valence-electron chi connectivity index (χ3n) is 10.9. The van der Waals surface area contributed by atoms with Crippen LogP contribution in [0.3, 0.4) is 0 Å². The van der Waals surface area contributed by atoms with Crippen molar-refractivity contribution >= 4 is 17.5 Å². The summed E-state index contributed by atoms with van der Waals surface area (Å²) in [5.41, 5.74) is 0.912. The van der Waals surface area contributed by atoms with E-state index in [4.69, 9.17) is 4.74 Å². The molecule has 208 valence electrons. The molecule has 0 unspecified atom stereocenters. The Morgan fingerprint density at radius 2 is 1.43 bits per heavy atom. The van der Waals surface area contributed by atoms with E-state index in [9.17, 15) is 14.4 Å². The van der Waals surface area contributed by atoms with E-state index in [-0.39, 0.29) is 40.5 Å². The Labute approximate surface area is 225 Å². The zero-order valence-electron chi connectivity index (χ0n) is 24.0. The van der Waals surface area contributed by atoms with Gasteiger partial charge in [0.15, 0.2) is 5.78 Å². The Kier molecular flexibility index (Phi) is 9.73. The highest BCUT2D eigenvalue weighted by atomic mass is 16.5. The van der Waals surface area contributed by atoms with Gasteiger partial charge in [-0.15, -0.1) is 0 Å². The third kappa shape index (κ3) is 6.25. The van der Waals surface area contributed by atoms with Gasteiger partial charge in [0.1, 0.15) is 11.9 Å². The maximum Gasteiger partial charge on any atom is 0.306 e. The molecule has 6 atom stereocenters. The summed E-state index contributed by atoms with van der Waals surface area (Å²) < 4.78 is 5.91. The molecule has 0 saturated heterocycles. The van der Waals surface area contributed by atoms with Gasteiger partial charge in [-0.25, -0.2) is 0 Å². The first-order chi connectivity index (χ1) is 17.8. The van der Waals surface area contributed by atoms with E-state index >= 15 is 0 Å². The summed E-state index contributed by atoms with van der Waals surface area (Å²) in [7, 11) is 0. The number of esters is 1. The van der Waals surface area contributed by atoms with Crippen LogP contribution in [0.25, 0.3) is 0 Å². The van der Waals surface area contributed by atoms with Crippen LogP contribution in [-0.2, 0) is 19.1 Å². The minimum absolute atomic E-state index is 0.000826. The standard InChI is InChI=1S/C33H52O4/c1-4-5-6-7-8-9-10-11-12-13-14-15-30(36)37-25-18-20-32(2)24(22-25)23-28(34)31-26-16-17-29(35)33(26,3)21-19-27(31)32/h23,25-27,31H,4-22H2,1-3H3/t25-,26-,27-,31-,32-,33-/m0/s1. The molecule has 0 aliphatic heterocycles. The molecule has 0 spiro atoms. The van der Waals surface area contributed by atoms with Crippen LogP contribution in [0.1, 0.15) is 143 Å². The van der Waals surface area contributed by atoms with Gasteiger partial charge in [-0.3, -0.25) is 14.4 Å². The molecule has 0 radical (unpaired) electrons. The number of rotatable bonds is 13. The SMILES string of the molecule is CCCCCCCCCCCCCC(=O)O[C@H]1CC[C@@]2(C)C(=CC(=O)[C@@H]3[C@@H]2CC[C@]2(C)C(=O)CC[C@@H]32)C1. The van der Waals surface area contributed by atoms with Crippen molar-refractivity contribution in [3.05, 3.63) is 11.6 Å². The zero-order valence-corrected chi connectivity index (χ0v) is 24.0. The quantitative estimate of drug-likeness (QED) is 0.184. The van der Waals surface area contributed by atoms with E-state index < -0.39 is 0 Å². The molecule has 0 aromatic rings. The molecule has 4 aliphatic carbocycles. The second-order valence-electron chi connectivity index (χ2n) is 13.3. The predicted octanol–water partition coefficient (Wildman–Crippen LogP) is 8.31. The first kappa shape index (κ1) is 28.6. The Morgan fingerprint density at radius 3 is 2.11 bits per heavy atom. The summed E-state index contributed by atoms with van der Waals surface area (Å²) >= 11 is 0. The molecule has 4 nitrogen and oxygen atoms in total. The lowest BCUT2D eigenvalue weighted by Crippen LogP contribution is -2.53. The Bertz CT molecular complexity index is 858. The lowest BCUT2D eigenvalue weighted by molar-refractivity contribution is -0.152. The molecular formula is C33H52O4. The Morgan fingerprint density at radius 1 is 0.838 bits per heavy atom. The first-order valence-electron chi connectivity index (χ1n) is 15.8. The number of fused-ring (bicyclic) bond motifs is 5. The summed E-state index contributed by atoms with van der Waals surface area (Å²) in [6, 6.07) is 0. The van der Waals surface area contributed by atoms with Gasteiger partial charge < -0.3 is 4.74 Å². The van der Waals surface area contributed by atoms with Crippen LogP contribution >= 0.6 is 0 Å². The van der Waals surface area contributed by atoms with Crippen LogP contribution < -0.4 is 0 Å². The highest BCUT2D eigenvalue weighted by Crippen LogP contribution is 2.63. The van der Waals surface area contributed by atoms with Gasteiger partial charge in [0.05, 0.1) is 0 Å². The number of hydrogen-bond donors (Lipinski definition) is 0. The molecule has 4 rings (SSSR count). The fourth-order valence-electron chi connectivity index (χ4n) is 8.42. The lowest BCUT2D eigenvalue weighted by Gasteiger charge is -2.56. The number of carbonyl (C=O) groups is 3. The minimum atomic E-state index is -0.292. The zero-order chi connectivity index (χ0) is 26.5. The van der Waals surface area contributed by atoms with Gasteiger partial charge in [-0.2, -0.15) is 0 Å². The van der Waals surface area contributed by atoms with Crippen molar-refractivity contribution in [2.24, 2.45) is 28.6 Å². The molecule has 3 saturated carbocycles. The molecule has 0 aromatic carbocycles. The normalized spacial score (nSPS) is 34.9. The first-order valence-corrected chi connectivity index (χ1v) is 15.8. The van der Waals surface area contributed by atoms with Gasteiger partial charge in [0.2, 0.25) is 0 Å². The summed E-state index contributed by atoms with van der Waals surface area (Å²) in [5, 5.41) is 0. The molecule has 0 bridgehead atoms. The van der Waals surface area contributed by atoms with Gasteiger partial charge in [-0.05, 0) is 61.9 Å². The number of allylic oxidation sites excluding steroid dienone is 1. The molecular weight excluding hydrogens is 460 g/mol. The molecule has 3 fully saturated rings. The van der Waals surface area contributed by atoms with E-state index in [1.165, 1.54) is 63.4 Å². The molecule has 0 aromatic heterocycles. The topological polar surface area (TPSA) is 60.4 Å². The average molecular weight is 513 g/mol. The molecule has 4 aliphatic rings. The number of ether oxygens (including phenoxy) is 1. The van der Waals surface area contributed by atoms with Gasteiger partial charge >= 0.3 is 5.97 Å². The monoisotopic (exact) mass is 512 g/mol. The molecule has 0 N–H and O–H groups in total. The van der Waals surface area contributed by atoms with E-state index in [1.54, 1.807) is 0 Å². The second-order valence-corrected chi connectivity index (χ2v) is 13.3. The van der Waals surface area contributed by atoms with Crippen molar-refractivity contribution in [3.8, 4) is 0 Å². The van der Waals surface area contributed by atoms with Crippen molar-refractivity contribution in [2.75, 3.05) is 0 Å². The summed E-state index contributed by atoms with van der Waals surface area (Å²) in [4.78, 5) is 38.6. The maximum atomic E-state index is 13.4. The largest absolute Gasteiger partial charge is 0.462 e. The van der Waals surface area contributed by atoms with Crippen LogP contribution in [0.5, 0.6) is 0 Å². The van der Waals surface area contributed by atoms with Crippen LogP contribution in [0.4, 0.5) is 0 Å². The number of carbonyl (C=O) groups excluding carboxylic acids is 3. The van der Waals surface area contributed by atoms with Crippen LogP contribution in [0, 0.1) is 28.6 Å². The highest BCUT2D eigenvalue weighted by Gasteiger charge is 2.61. The van der Waals surface area contributed by atoms with Crippen molar-refractivity contribution in [3.63, 3.8) is 0 Å². The van der Waals surface area contributed by atoms with E-state index in [0.717, 1.165) is 44.9 Å². The summed E-state index contributed by atoms with van der Waals surface area (Å²) in [6.07, 6.45) is 22.3. The van der Waals surface area contributed by atoms with E-state index in [0.29, 0.717) is 31.0 Å². The average Bonchev–Trinajstić information content (AvgIpc) is 3.17.